The van der Waals surface area contributed by atoms with Crippen LogP contribution in [-0.2, 0) is 0 Å². The Hall–Kier alpha value is -4.86. The number of rotatable bonds is 7. The number of hydrogen-bond donors (Lipinski definition) is 0. The third kappa shape index (κ3) is 4.65. The number of nitrogens with zero attached hydrogens (tertiary/aromatic N) is 4. The summed E-state index contributed by atoms with van der Waals surface area (Å²) in [5.74, 6) is 2.01. The molecule has 0 atom stereocenters. The fourth-order valence-electron chi connectivity index (χ4n) is 2.83. The molecule has 0 aliphatic carbocycles. The SMILES string of the molecule is O=[N+]([O-])c1ccc(-c2ccc(/C=N\N=C/c3ccc(-c4ccc([N+](=O)[O-])cc4)o3)o2)cc1. The highest BCUT2D eigenvalue weighted by atomic mass is 16.6. The Morgan fingerprint density at radius 3 is 1.31 bits per heavy atom. The highest BCUT2D eigenvalue weighted by Gasteiger charge is 2.09. The molecule has 4 aromatic rings. The zero-order valence-corrected chi connectivity index (χ0v) is 16.3. The van der Waals surface area contributed by atoms with Gasteiger partial charge in [0.25, 0.3) is 11.4 Å². The van der Waals surface area contributed by atoms with E-state index in [-0.39, 0.29) is 11.4 Å². The van der Waals surface area contributed by atoms with Crippen LogP contribution in [0.25, 0.3) is 22.6 Å². The molecule has 0 aliphatic rings. The molecule has 0 fully saturated rings. The van der Waals surface area contributed by atoms with Crippen molar-refractivity contribution in [1.29, 1.82) is 0 Å². The first-order chi connectivity index (χ1) is 15.5. The molecule has 0 amide bonds. The minimum atomic E-state index is -0.462. The molecule has 158 valence electrons. The highest BCUT2D eigenvalue weighted by Crippen LogP contribution is 2.25. The Bertz CT molecular complexity index is 1210. The molecule has 0 saturated heterocycles. The molecular formula is C22H14N4O6. The minimum absolute atomic E-state index is 0.00564. The number of nitro groups is 2. The molecule has 4 rings (SSSR count). The van der Waals surface area contributed by atoms with E-state index in [0.29, 0.717) is 34.2 Å². The summed E-state index contributed by atoms with van der Waals surface area (Å²) < 4.78 is 11.3. The van der Waals surface area contributed by atoms with Gasteiger partial charge >= 0.3 is 0 Å². The van der Waals surface area contributed by atoms with Crippen molar-refractivity contribution in [1.82, 2.24) is 0 Å². The smallest absolute Gasteiger partial charge is 0.269 e. The largest absolute Gasteiger partial charge is 0.455 e. The first kappa shape index (κ1) is 20.4. The summed E-state index contributed by atoms with van der Waals surface area (Å²) in [4.78, 5) is 20.5. The van der Waals surface area contributed by atoms with Gasteiger partial charge in [-0.15, -0.1) is 0 Å². The number of hydrogen-bond acceptors (Lipinski definition) is 8. The zero-order valence-electron chi connectivity index (χ0n) is 16.3. The molecule has 0 radical (unpaired) electrons. The molecule has 2 heterocycles. The maximum absolute atomic E-state index is 10.7. The van der Waals surface area contributed by atoms with E-state index in [0.717, 1.165) is 0 Å². The first-order valence-corrected chi connectivity index (χ1v) is 9.25. The van der Waals surface area contributed by atoms with Crippen LogP contribution in [0, 0.1) is 20.2 Å². The molecule has 0 bridgehead atoms. The Labute approximate surface area is 180 Å². The molecule has 0 N–H and O–H groups in total. The van der Waals surface area contributed by atoms with Gasteiger partial charge in [0, 0.05) is 35.4 Å². The maximum Gasteiger partial charge on any atom is 0.269 e. The van der Waals surface area contributed by atoms with Gasteiger partial charge in [0.2, 0.25) is 0 Å². The summed E-state index contributed by atoms with van der Waals surface area (Å²) >= 11 is 0. The lowest BCUT2D eigenvalue weighted by Gasteiger charge is -1.96. The molecule has 0 saturated carbocycles. The van der Waals surface area contributed by atoms with Crippen LogP contribution in [-0.4, -0.2) is 22.3 Å². The average molecular weight is 430 g/mol. The Balaban J connectivity index is 1.39. The topological polar surface area (TPSA) is 137 Å². The van der Waals surface area contributed by atoms with Gasteiger partial charge in [0.15, 0.2) is 0 Å². The van der Waals surface area contributed by atoms with E-state index in [9.17, 15) is 20.2 Å². The lowest BCUT2D eigenvalue weighted by Crippen LogP contribution is -1.86. The van der Waals surface area contributed by atoms with Crippen LogP contribution in [0.4, 0.5) is 11.4 Å². The van der Waals surface area contributed by atoms with Gasteiger partial charge < -0.3 is 8.83 Å². The van der Waals surface area contributed by atoms with Crippen LogP contribution >= 0.6 is 0 Å². The minimum Gasteiger partial charge on any atom is -0.455 e. The number of benzene rings is 2. The fraction of sp³-hybridized carbons (Fsp3) is 0. The molecule has 0 unspecified atom stereocenters. The summed E-state index contributed by atoms with van der Waals surface area (Å²) in [5.41, 5.74) is 1.42. The molecular weight excluding hydrogens is 416 g/mol. The van der Waals surface area contributed by atoms with E-state index in [2.05, 4.69) is 10.2 Å². The lowest BCUT2D eigenvalue weighted by atomic mass is 10.1. The van der Waals surface area contributed by atoms with Gasteiger partial charge in [-0.25, -0.2) is 0 Å². The average Bonchev–Trinajstić information content (AvgIpc) is 3.47. The van der Waals surface area contributed by atoms with Crippen molar-refractivity contribution >= 4 is 23.8 Å². The summed E-state index contributed by atoms with van der Waals surface area (Å²) in [7, 11) is 0. The molecule has 32 heavy (non-hydrogen) atoms. The second kappa shape index (κ2) is 8.88. The van der Waals surface area contributed by atoms with Crippen LogP contribution in [0.15, 0.2) is 91.8 Å². The summed E-state index contributed by atoms with van der Waals surface area (Å²) in [5, 5.41) is 29.3. The number of nitro benzene ring substituents is 2. The van der Waals surface area contributed by atoms with Crippen molar-refractivity contribution in [2.75, 3.05) is 0 Å². The van der Waals surface area contributed by atoms with Crippen LogP contribution in [0.1, 0.15) is 11.5 Å². The first-order valence-electron chi connectivity index (χ1n) is 9.25. The summed E-state index contributed by atoms with van der Waals surface area (Å²) in [6.45, 7) is 0. The monoisotopic (exact) mass is 430 g/mol. The Morgan fingerprint density at radius 2 is 0.969 bits per heavy atom. The van der Waals surface area contributed by atoms with Gasteiger partial charge in [-0.1, -0.05) is 0 Å². The van der Waals surface area contributed by atoms with Crippen molar-refractivity contribution < 1.29 is 18.7 Å². The van der Waals surface area contributed by atoms with E-state index < -0.39 is 9.85 Å². The standard InChI is InChI=1S/C22H14N4O6/c27-25(28)17-5-1-15(2-6-17)21-11-9-19(31-21)13-23-24-14-20-10-12-22(32-20)16-3-7-18(8-4-16)26(29)30/h1-14H/b23-13-,24-14-. The molecule has 2 aromatic heterocycles. The molecule has 10 heteroatoms. The van der Waals surface area contributed by atoms with Crippen molar-refractivity contribution in [2.24, 2.45) is 10.2 Å². The summed E-state index contributed by atoms with van der Waals surface area (Å²) in [6.07, 6.45) is 2.84. The number of furan rings is 2. The third-order valence-corrected chi connectivity index (χ3v) is 4.42. The van der Waals surface area contributed by atoms with Gasteiger partial charge in [0.1, 0.15) is 23.0 Å². The Morgan fingerprint density at radius 1 is 0.594 bits per heavy atom. The quantitative estimate of drug-likeness (QED) is 0.216. The fourth-order valence-corrected chi connectivity index (χ4v) is 2.83. The van der Waals surface area contributed by atoms with Crippen LogP contribution in [0.5, 0.6) is 0 Å². The van der Waals surface area contributed by atoms with E-state index >= 15 is 0 Å². The van der Waals surface area contributed by atoms with E-state index in [1.165, 1.54) is 36.7 Å². The lowest BCUT2D eigenvalue weighted by molar-refractivity contribution is -0.385. The predicted octanol–water partition coefficient (Wildman–Crippen LogP) is 5.48. The Kier molecular flexibility index (Phi) is 5.66. The molecule has 2 aromatic carbocycles. The van der Waals surface area contributed by atoms with E-state index in [4.69, 9.17) is 8.83 Å². The molecule has 0 spiro atoms. The normalized spacial score (nSPS) is 11.4. The second-order valence-corrected chi connectivity index (χ2v) is 6.50. The molecule has 10 nitrogen and oxygen atoms in total. The van der Waals surface area contributed by atoms with Crippen LogP contribution in [0.3, 0.4) is 0 Å². The molecule has 0 aliphatic heterocycles. The summed E-state index contributed by atoms with van der Waals surface area (Å²) in [6, 6.07) is 18.9. The van der Waals surface area contributed by atoms with Crippen molar-refractivity contribution in [3.63, 3.8) is 0 Å². The number of non-ortho nitro benzene ring substituents is 2. The van der Waals surface area contributed by atoms with E-state index in [1.54, 1.807) is 48.5 Å². The zero-order chi connectivity index (χ0) is 22.5. The second-order valence-electron chi connectivity index (χ2n) is 6.50. The third-order valence-electron chi connectivity index (χ3n) is 4.42. The predicted molar refractivity (Wildman–Crippen MR) is 117 cm³/mol. The maximum atomic E-state index is 10.7. The van der Waals surface area contributed by atoms with Crippen molar-refractivity contribution in [3.8, 4) is 22.6 Å². The van der Waals surface area contributed by atoms with Gasteiger partial charge in [-0.2, -0.15) is 10.2 Å². The van der Waals surface area contributed by atoms with Gasteiger partial charge in [0.05, 0.1) is 22.3 Å². The van der Waals surface area contributed by atoms with Gasteiger partial charge in [-0.05, 0) is 48.5 Å². The van der Waals surface area contributed by atoms with Gasteiger partial charge in [-0.3, -0.25) is 20.2 Å². The van der Waals surface area contributed by atoms with Crippen LogP contribution < -0.4 is 0 Å². The highest BCUT2D eigenvalue weighted by molar-refractivity contribution is 5.80. The van der Waals surface area contributed by atoms with Crippen molar-refractivity contribution in [2.45, 2.75) is 0 Å². The van der Waals surface area contributed by atoms with E-state index in [1.807, 2.05) is 0 Å². The van der Waals surface area contributed by atoms with Crippen molar-refractivity contribution in [3.05, 3.63) is 105 Å². The van der Waals surface area contributed by atoms with Crippen LogP contribution in [0.2, 0.25) is 0 Å².